The number of nitrogens with zero attached hydrogens (tertiary/aromatic N) is 1. The van der Waals surface area contributed by atoms with Crippen LogP contribution >= 0.6 is 9.39 Å². The van der Waals surface area contributed by atoms with Crippen molar-refractivity contribution in [2.45, 2.75) is 6.92 Å². The molecule has 0 aliphatic carbocycles. The summed E-state index contributed by atoms with van der Waals surface area (Å²) < 4.78 is 1.92. The van der Waals surface area contributed by atoms with Gasteiger partial charge in [0.25, 0.3) is 0 Å². The highest BCUT2D eigenvalue weighted by molar-refractivity contribution is 7.13. The van der Waals surface area contributed by atoms with Crippen LogP contribution in [0.4, 0.5) is 0 Å². The van der Waals surface area contributed by atoms with E-state index in [4.69, 9.17) is 0 Å². The molecule has 0 aliphatic rings. The Labute approximate surface area is 53.3 Å². The average Bonchev–Trinajstić information content (AvgIpc) is 1.66. The topological polar surface area (TPSA) is 3.24 Å². The van der Waals surface area contributed by atoms with Crippen LogP contribution in [0.2, 0.25) is 0 Å². The first-order valence-corrected chi connectivity index (χ1v) is 3.06. The van der Waals surface area contributed by atoms with Crippen LogP contribution in [-0.2, 0) is 0 Å². The number of rotatable bonds is 2. The van der Waals surface area contributed by atoms with E-state index >= 15 is 0 Å². The standard InChI is InChI=1S/C6H12NP/c1-3-4-5-6-7(2)8/h3-6H,8H2,1-2H3/b4-3-,6-5-. The molecule has 0 aromatic rings. The molecule has 0 saturated heterocycles. The Balaban J connectivity index is 3.34. The molecular formula is C6H12NP. The molecule has 1 nitrogen and oxygen atoms in total. The molecule has 0 fully saturated rings. The van der Waals surface area contributed by atoms with Gasteiger partial charge in [-0.3, -0.25) is 0 Å². The van der Waals surface area contributed by atoms with Crippen molar-refractivity contribution in [3.63, 3.8) is 0 Å². The summed E-state index contributed by atoms with van der Waals surface area (Å²) in [6.07, 6.45) is 7.92. The number of hydrogen-bond acceptors (Lipinski definition) is 1. The Bertz CT molecular complexity index is 94.7. The first-order chi connectivity index (χ1) is 3.77. The SMILES string of the molecule is C/C=C\C=C/N(C)P. The lowest BCUT2D eigenvalue weighted by Crippen LogP contribution is -1.87. The van der Waals surface area contributed by atoms with E-state index in [-0.39, 0.29) is 0 Å². The molecule has 0 rings (SSSR count). The summed E-state index contributed by atoms with van der Waals surface area (Å²) in [4.78, 5) is 0. The van der Waals surface area contributed by atoms with Crippen LogP contribution in [0.5, 0.6) is 0 Å². The molecule has 0 aromatic heterocycles. The molecule has 0 amide bonds. The largest absolute Gasteiger partial charge is 0.365 e. The predicted molar refractivity (Wildman–Crippen MR) is 41.4 cm³/mol. The van der Waals surface area contributed by atoms with Gasteiger partial charge in [-0.15, -0.1) is 0 Å². The first-order valence-electron chi connectivity index (χ1n) is 2.54. The minimum atomic E-state index is 1.92. The monoisotopic (exact) mass is 129 g/mol. The lowest BCUT2D eigenvalue weighted by molar-refractivity contribution is 0.775. The van der Waals surface area contributed by atoms with Gasteiger partial charge >= 0.3 is 0 Å². The molecule has 0 aliphatic heterocycles. The van der Waals surface area contributed by atoms with Crippen molar-refractivity contribution >= 4 is 9.39 Å². The molecule has 1 unspecified atom stereocenters. The fourth-order valence-corrected chi connectivity index (χ4v) is 0.396. The third-order valence-corrected chi connectivity index (χ3v) is 0.797. The highest BCUT2D eigenvalue weighted by Gasteiger charge is 1.68. The lowest BCUT2D eigenvalue weighted by atomic mass is 10.5. The van der Waals surface area contributed by atoms with Crippen LogP contribution in [0.1, 0.15) is 6.92 Å². The van der Waals surface area contributed by atoms with Gasteiger partial charge in [-0.05, 0) is 22.4 Å². The van der Waals surface area contributed by atoms with E-state index in [1.807, 2.05) is 43.1 Å². The van der Waals surface area contributed by atoms with E-state index < -0.39 is 0 Å². The molecule has 46 valence electrons. The smallest absolute Gasteiger partial charge is 0.00927 e. The van der Waals surface area contributed by atoms with Crippen LogP contribution in [0.25, 0.3) is 0 Å². The van der Waals surface area contributed by atoms with Crippen molar-refractivity contribution in [1.82, 2.24) is 4.67 Å². The van der Waals surface area contributed by atoms with Gasteiger partial charge in [-0.25, -0.2) is 0 Å². The van der Waals surface area contributed by atoms with Crippen molar-refractivity contribution < 1.29 is 0 Å². The van der Waals surface area contributed by atoms with Crippen molar-refractivity contribution in [3.05, 3.63) is 24.4 Å². The van der Waals surface area contributed by atoms with E-state index in [0.29, 0.717) is 0 Å². The summed E-state index contributed by atoms with van der Waals surface area (Å²) in [5.41, 5.74) is 0. The first kappa shape index (κ1) is 7.71. The summed E-state index contributed by atoms with van der Waals surface area (Å²) >= 11 is 0. The van der Waals surface area contributed by atoms with Gasteiger partial charge in [0.1, 0.15) is 0 Å². The minimum Gasteiger partial charge on any atom is -0.365 e. The number of allylic oxidation sites excluding steroid dienone is 3. The Morgan fingerprint density at radius 1 is 1.38 bits per heavy atom. The zero-order chi connectivity index (χ0) is 6.41. The van der Waals surface area contributed by atoms with Gasteiger partial charge in [0.05, 0.1) is 0 Å². The van der Waals surface area contributed by atoms with Gasteiger partial charge in [-0.1, -0.05) is 12.2 Å². The van der Waals surface area contributed by atoms with Crippen molar-refractivity contribution in [1.29, 1.82) is 0 Å². The second kappa shape index (κ2) is 4.86. The van der Waals surface area contributed by atoms with Crippen LogP contribution in [0.15, 0.2) is 24.4 Å². The third kappa shape index (κ3) is 5.71. The van der Waals surface area contributed by atoms with Crippen LogP contribution in [0.3, 0.4) is 0 Å². The minimum absolute atomic E-state index is 1.92. The zero-order valence-corrected chi connectivity index (χ0v) is 6.49. The maximum atomic E-state index is 2.54. The zero-order valence-electron chi connectivity index (χ0n) is 5.33. The molecule has 0 aromatic carbocycles. The second-order valence-corrected chi connectivity index (χ2v) is 2.35. The van der Waals surface area contributed by atoms with Crippen LogP contribution < -0.4 is 0 Å². The molecule has 0 N–H and O–H groups in total. The fraction of sp³-hybridized carbons (Fsp3) is 0.333. The fourth-order valence-electron chi connectivity index (χ4n) is 0.297. The second-order valence-electron chi connectivity index (χ2n) is 1.53. The maximum Gasteiger partial charge on any atom is 0.00927 e. The van der Waals surface area contributed by atoms with Gasteiger partial charge in [0.15, 0.2) is 0 Å². The Morgan fingerprint density at radius 2 is 2.00 bits per heavy atom. The molecule has 2 heteroatoms. The van der Waals surface area contributed by atoms with Gasteiger partial charge in [0, 0.05) is 13.2 Å². The summed E-state index contributed by atoms with van der Waals surface area (Å²) in [7, 11) is 4.50. The van der Waals surface area contributed by atoms with Gasteiger partial charge in [-0.2, -0.15) is 0 Å². The summed E-state index contributed by atoms with van der Waals surface area (Å²) in [6.45, 7) is 1.99. The van der Waals surface area contributed by atoms with Crippen LogP contribution in [-0.4, -0.2) is 11.7 Å². The van der Waals surface area contributed by atoms with E-state index in [1.54, 1.807) is 0 Å². The molecule has 0 radical (unpaired) electrons. The number of hydrogen-bond donors (Lipinski definition) is 0. The molecule has 0 heterocycles. The van der Waals surface area contributed by atoms with Crippen LogP contribution in [0, 0.1) is 0 Å². The molecule has 0 spiro atoms. The summed E-state index contributed by atoms with van der Waals surface area (Å²) in [5.74, 6) is 0. The predicted octanol–water partition coefficient (Wildman–Crippen LogP) is 1.80. The summed E-state index contributed by atoms with van der Waals surface area (Å²) in [5, 5.41) is 0. The highest BCUT2D eigenvalue weighted by atomic mass is 31.0. The van der Waals surface area contributed by atoms with E-state index in [0.717, 1.165) is 0 Å². The van der Waals surface area contributed by atoms with E-state index in [1.165, 1.54) is 0 Å². The van der Waals surface area contributed by atoms with Gasteiger partial charge in [0.2, 0.25) is 0 Å². The van der Waals surface area contributed by atoms with E-state index in [2.05, 4.69) is 9.39 Å². The van der Waals surface area contributed by atoms with Crippen molar-refractivity contribution in [2.75, 3.05) is 7.05 Å². The lowest BCUT2D eigenvalue weighted by Gasteiger charge is -1.99. The Morgan fingerprint density at radius 3 is 2.38 bits per heavy atom. The average molecular weight is 129 g/mol. The van der Waals surface area contributed by atoms with E-state index in [9.17, 15) is 0 Å². The normalized spacial score (nSPS) is 11.4. The van der Waals surface area contributed by atoms with Gasteiger partial charge < -0.3 is 4.67 Å². The van der Waals surface area contributed by atoms with Crippen molar-refractivity contribution in [2.24, 2.45) is 0 Å². The highest BCUT2D eigenvalue weighted by Crippen LogP contribution is 1.91. The molecule has 0 bridgehead atoms. The molecule has 1 atom stereocenters. The molecular weight excluding hydrogens is 117 g/mol. The Hall–Kier alpha value is -0.290. The molecule has 0 saturated carbocycles. The van der Waals surface area contributed by atoms with Crippen molar-refractivity contribution in [3.8, 4) is 0 Å². The summed E-state index contributed by atoms with van der Waals surface area (Å²) in [6, 6.07) is 0. The maximum absolute atomic E-state index is 2.54. The Kier molecular flexibility index (Phi) is 4.68. The molecule has 8 heavy (non-hydrogen) atoms. The quantitative estimate of drug-likeness (QED) is 0.406. The third-order valence-electron chi connectivity index (χ3n) is 0.625.